The molecule has 140 valence electrons. The van der Waals surface area contributed by atoms with Crippen molar-refractivity contribution in [2.45, 2.75) is 51.6 Å². The van der Waals surface area contributed by atoms with E-state index in [-0.39, 0.29) is 38.3 Å². The van der Waals surface area contributed by atoms with E-state index in [1.807, 2.05) is 6.07 Å². The lowest BCUT2D eigenvalue weighted by Crippen LogP contribution is -2.51. The summed E-state index contributed by atoms with van der Waals surface area (Å²) in [7, 11) is 0. The van der Waals surface area contributed by atoms with E-state index in [2.05, 4.69) is 26.8 Å². The molecule has 1 fully saturated rings. The van der Waals surface area contributed by atoms with Crippen molar-refractivity contribution < 1.29 is 24.2 Å². The van der Waals surface area contributed by atoms with Crippen LogP contribution < -0.4 is 0 Å². The number of likely N-dealkylation sites (tertiary alicyclic amines) is 1. The smallest absolute Gasteiger partial charge is 0.335 e. The highest BCUT2D eigenvalue weighted by molar-refractivity contribution is 5.89. The van der Waals surface area contributed by atoms with Gasteiger partial charge in [0.2, 0.25) is 5.91 Å². The number of aliphatic carboxylic acids is 1. The molecule has 2 aromatic rings. The maximum atomic E-state index is 12.6. The van der Waals surface area contributed by atoms with Gasteiger partial charge < -0.3 is 19.5 Å². The van der Waals surface area contributed by atoms with Crippen LogP contribution in [0.2, 0.25) is 0 Å². The first-order valence-electron chi connectivity index (χ1n) is 8.95. The minimum Gasteiger partial charge on any atom is -0.479 e. The Morgan fingerprint density at radius 1 is 1.27 bits per heavy atom. The van der Waals surface area contributed by atoms with Crippen molar-refractivity contribution in [3.63, 3.8) is 0 Å². The second kappa shape index (κ2) is 6.76. The number of aryl methyl sites for hydroxylation is 1. The molecule has 0 radical (unpaired) electrons. The molecule has 2 N–H and O–H groups in total. The summed E-state index contributed by atoms with van der Waals surface area (Å²) in [6, 6.07) is 4.10. The predicted molar refractivity (Wildman–Crippen MR) is 97.1 cm³/mol. The van der Waals surface area contributed by atoms with Crippen molar-refractivity contribution in [3.05, 3.63) is 35.1 Å². The maximum absolute atomic E-state index is 12.6. The first-order valence-corrected chi connectivity index (χ1v) is 8.95. The Morgan fingerprint density at radius 3 is 2.50 bits per heavy atom. The molecular weight excluding hydrogens is 334 g/mol. The van der Waals surface area contributed by atoms with Crippen molar-refractivity contribution >= 4 is 22.8 Å². The number of carboxylic acid groups (broad SMARTS) is 1. The number of furan rings is 1. The average Bonchev–Trinajstić information content (AvgIpc) is 2.96. The van der Waals surface area contributed by atoms with Crippen molar-refractivity contribution in [3.8, 4) is 0 Å². The molecule has 1 aromatic heterocycles. The van der Waals surface area contributed by atoms with Gasteiger partial charge in [0.15, 0.2) is 5.60 Å². The Labute approximate surface area is 152 Å². The molecule has 1 aromatic carbocycles. The molecule has 0 unspecified atom stereocenters. The van der Waals surface area contributed by atoms with Gasteiger partial charge in [0.25, 0.3) is 0 Å². The molecular formula is C20H25NO5. The Morgan fingerprint density at radius 2 is 1.92 bits per heavy atom. The SMILES string of the molecule is Cc1cc2occ(CC(=O)N3CCC(O)(C(=O)O)CC3)c2cc1C(C)C. The Bertz CT molecular complexity index is 843. The van der Waals surface area contributed by atoms with Gasteiger partial charge in [-0.15, -0.1) is 0 Å². The van der Waals surface area contributed by atoms with Crippen LogP contribution in [0, 0.1) is 6.92 Å². The quantitative estimate of drug-likeness (QED) is 0.876. The Balaban J connectivity index is 1.76. The molecule has 1 aliphatic rings. The number of piperidine rings is 1. The molecule has 0 bridgehead atoms. The molecule has 26 heavy (non-hydrogen) atoms. The van der Waals surface area contributed by atoms with E-state index in [0.717, 1.165) is 16.5 Å². The van der Waals surface area contributed by atoms with E-state index in [1.54, 1.807) is 11.2 Å². The fraction of sp³-hybridized carbons (Fsp3) is 0.500. The number of carboxylic acids is 1. The van der Waals surface area contributed by atoms with E-state index in [1.165, 1.54) is 11.1 Å². The minimum atomic E-state index is -1.72. The van der Waals surface area contributed by atoms with E-state index >= 15 is 0 Å². The summed E-state index contributed by atoms with van der Waals surface area (Å²) in [4.78, 5) is 25.4. The molecule has 0 atom stereocenters. The molecule has 6 nitrogen and oxygen atoms in total. The third-order valence-electron chi connectivity index (χ3n) is 5.35. The molecule has 3 rings (SSSR count). The van der Waals surface area contributed by atoms with E-state index in [4.69, 9.17) is 9.52 Å². The van der Waals surface area contributed by atoms with Crippen LogP contribution >= 0.6 is 0 Å². The van der Waals surface area contributed by atoms with Crippen LogP contribution in [0.4, 0.5) is 0 Å². The second-order valence-corrected chi connectivity index (χ2v) is 7.51. The van der Waals surface area contributed by atoms with Crippen LogP contribution in [0.3, 0.4) is 0 Å². The molecule has 0 saturated carbocycles. The standard InChI is InChI=1S/C20H25NO5/c1-12(2)15-10-16-14(11-26-17(16)8-13(15)3)9-18(22)21-6-4-20(25,5-7-21)19(23)24/h8,10-12,25H,4-7,9H2,1-3H3,(H,23,24). The first-order chi connectivity index (χ1) is 12.2. The number of carbonyl (C=O) groups excluding carboxylic acids is 1. The molecule has 1 amide bonds. The average molecular weight is 359 g/mol. The Kier molecular flexibility index (Phi) is 4.80. The predicted octanol–water partition coefficient (Wildman–Crippen LogP) is 2.85. The van der Waals surface area contributed by atoms with Crippen LogP contribution in [-0.2, 0) is 16.0 Å². The van der Waals surface area contributed by atoms with Crippen molar-refractivity contribution in [1.82, 2.24) is 4.90 Å². The molecule has 0 spiro atoms. The normalized spacial score (nSPS) is 17.0. The third kappa shape index (κ3) is 3.33. The minimum absolute atomic E-state index is 0.0525. The number of hydrogen-bond acceptors (Lipinski definition) is 4. The van der Waals surface area contributed by atoms with Crippen LogP contribution in [0.1, 0.15) is 49.3 Å². The van der Waals surface area contributed by atoms with Crippen LogP contribution in [0.25, 0.3) is 11.0 Å². The highest BCUT2D eigenvalue weighted by Gasteiger charge is 2.40. The monoisotopic (exact) mass is 359 g/mol. The van der Waals surface area contributed by atoms with Gasteiger partial charge in [0.1, 0.15) is 5.58 Å². The molecule has 1 saturated heterocycles. The van der Waals surface area contributed by atoms with Crippen molar-refractivity contribution in [2.24, 2.45) is 0 Å². The summed E-state index contributed by atoms with van der Waals surface area (Å²) < 4.78 is 5.63. The van der Waals surface area contributed by atoms with E-state index in [9.17, 15) is 14.7 Å². The van der Waals surface area contributed by atoms with Crippen molar-refractivity contribution in [1.29, 1.82) is 0 Å². The number of aliphatic hydroxyl groups is 1. The Hall–Kier alpha value is -2.34. The van der Waals surface area contributed by atoms with Crippen LogP contribution in [0.15, 0.2) is 22.8 Å². The number of amides is 1. The molecule has 1 aliphatic heterocycles. The van der Waals surface area contributed by atoms with Gasteiger partial charge >= 0.3 is 5.97 Å². The summed E-state index contributed by atoms with van der Waals surface area (Å²) in [5.74, 6) is -0.914. The summed E-state index contributed by atoms with van der Waals surface area (Å²) in [5, 5.41) is 20.0. The van der Waals surface area contributed by atoms with Gasteiger partial charge in [0.05, 0.1) is 12.7 Å². The summed E-state index contributed by atoms with van der Waals surface area (Å²) in [5.41, 5.74) is 2.29. The number of rotatable bonds is 4. The zero-order valence-corrected chi connectivity index (χ0v) is 15.4. The lowest BCUT2D eigenvalue weighted by Gasteiger charge is -2.35. The summed E-state index contributed by atoms with van der Waals surface area (Å²) >= 11 is 0. The number of fused-ring (bicyclic) bond motifs is 1. The van der Waals surface area contributed by atoms with Crippen LogP contribution in [0.5, 0.6) is 0 Å². The molecule has 2 heterocycles. The van der Waals surface area contributed by atoms with Crippen molar-refractivity contribution in [2.75, 3.05) is 13.1 Å². The number of hydrogen-bond donors (Lipinski definition) is 2. The summed E-state index contributed by atoms with van der Waals surface area (Å²) in [6.45, 7) is 6.81. The van der Waals surface area contributed by atoms with E-state index < -0.39 is 11.6 Å². The van der Waals surface area contributed by atoms with Gasteiger partial charge in [-0.05, 0) is 36.1 Å². The van der Waals surface area contributed by atoms with Crippen LogP contribution in [-0.4, -0.2) is 45.7 Å². The fourth-order valence-corrected chi connectivity index (χ4v) is 3.62. The van der Waals surface area contributed by atoms with Gasteiger partial charge in [-0.3, -0.25) is 4.79 Å². The number of benzene rings is 1. The molecule has 0 aliphatic carbocycles. The lowest BCUT2D eigenvalue weighted by molar-refractivity contribution is -0.165. The highest BCUT2D eigenvalue weighted by atomic mass is 16.4. The molecule has 6 heteroatoms. The van der Waals surface area contributed by atoms with E-state index in [0.29, 0.717) is 5.92 Å². The summed E-state index contributed by atoms with van der Waals surface area (Å²) in [6.07, 6.45) is 1.94. The maximum Gasteiger partial charge on any atom is 0.335 e. The fourth-order valence-electron chi connectivity index (χ4n) is 3.62. The van der Waals surface area contributed by atoms with Gasteiger partial charge in [-0.1, -0.05) is 13.8 Å². The number of carbonyl (C=O) groups is 2. The van der Waals surface area contributed by atoms with Gasteiger partial charge in [0, 0.05) is 36.9 Å². The lowest BCUT2D eigenvalue weighted by atomic mass is 9.91. The third-order valence-corrected chi connectivity index (χ3v) is 5.35. The highest BCUT2D eigenvalue weighted by Crippen LogP contribution is 2.30. The second-order valence-electron chi connectivity index (χ2n) is 7.51. The van der Waals surface area contributed by atoms with Gasteiger partial charge in [-0.25, -0.2) is 4.79 Å². The zero-order valence-electron chi connectivity index (χ0n) is 15.4. The topological polar surface area (TPSA) is 91.0 Å². The zero-order chi connectivity index (χ0) is 19.1. The van der Waals surface area contributed by atoms with Gasteiger partial charge in [-0.2, -0.15) is 0 Å². The first kappa shape index (κ1) is 18.5. The largest absolute Gasteiger partial charge is 0.479 e. The number of nitrogens with zero attached hydrogens (tertiary/aromatic N) is 1.